The van der Waals surface area contributed by atoms with Gasteiger partial charge in [-0.25, -0.2) is 4.79 Å². The summed E-state index contributed by atoms with van der Waals surface area (Å²) in [5.74, 6) is -0.681. The maximum atomic E-state index is 11.7. The van der Waals surface area contributed by atoms with Gasteiger partial charge in [0.25, 0.3) is 0 Å². The summed E-state index contributed by atoms with van der Waals surface area (Å²) in [6, 6.07) is -1.17. The number of carbonyl (C=O) groups is 2. The average Bonchev–Trinajstić information content (AvgIpc) is 2.33. The Labute approximate surface area is 103 Å². The van der Waals surface area contributed by atoms with Gasteiger partial charge in [0.2, 0.25) is 5.91 Å². The predicted octanol–water partition coefficient (Wildman–Crippen LogP) is 0.818. The fourth-order valence-corrected chi connectivity index (χ4v) is 1.50. The SMILES string of the molecule is CCCC(N)C(=O)N[C@H](C(=O)OC)[C@@H](C)CC. The monoisotopic (exact) mass is 244 g/mol. The van der Waals surface area contributed by atoms with E-state index in [0.717, 1.165) is 12.8 Å². The van der Waals surface area contributed by atoms with E-state index in [4.69, 9.17) is 5.73 Å². The van der Waals surface area contributed by atoms with Crippen LogP contribution in [0.4, 0.5) is 0 Å². The van der Waals surface area contributed by atoms with E-state index in [2.05, 4.69) is 10.1 Å². The Morgan fingerprint density at radius 1 is 1.35 bits per heavy atom. The summed E-state index contributed by atoms with van der Waals surface area (Å²) in [7, 11) is 1.32. The molecule has 0 radical (unpaired) electrons. The first kappa shape index (κ1) is 15.9. The van der Waals surface area contributed by atoms with E-state index >= 15 is 0 Å². The van der Waals surface area contributed by atoms with Crippen molar-refractivity contribution in [3.63, 3.8) is 0 Å². The molecule has 0 aromatic rings. The van der Waals surface area contributed by atoms with Crippen LogP contribution in [-0.2, 0) is 14.3 Å². The molecule has 0 saturated carbocycles. The molecule has 0 aliphatic rings. The maximum Gasteiger partial charge on any atom is 0.328 e. The van der Waals surface area contributed by atoms with Gasteiger partial charge in [0.15, 0.2) is 0 Å². The lowest BCUT2D eigenvalue weighted by atomic mass is 9.98. The zero-order valence-corrected chi connectivity index (χ0v) is 11.2. The van der Waals surface area contributed by atoms with E-state index in [1.165, 1.54) is 7.11 Å². The third-order valence-electron chi connectivity index (χ3n) is 2.90. The Morgan fingerprint density at radius 3 is 2.35 bits per heavy atom. The van der Waals surface area contributed by atoms with Crippen molar-refractivity contribution in [2.45, 2.75) is 52.1 Å². The average molecular weight is 244 g/mol. The molecule has 0 aromatic carbocycles. The number of esters is 1. The number of methoxy groups -OCH3 is 1. The molecule has 100 valence electrons. The van der Waals surface area contributed by atoms with Crippen LogP contribution in [0.25, 0.3) is 0 Å². The van der Waals surface area contributed by atoms with Gasteiger partial charge in [-0.05, 0) is 12.3 Å². The van der Waals surface area contributed by atoms with Crippen molar-refractivity contribution in [1.82, 2.24) is 5.32 Å². The Bertz CT molecular complexity index is 256. The van der Waals surface area contributed by atoms with Gasteiger partial charge in [-0.2, -0.15) is 0 Å². The van der Waals surface area contributed by atoms with Crippen LogP contribution < -0.4 is 11.1 Å². The van der Waals surface area contributed by atoms with E-state index in [0.29, 0.717) is 6.42 Å². The highest BCUT2D eigenvalue weighted by Crippen LogP contribution is 2.09. The van der Waals surface area contributed by atoms with Crippen LogP contribution >= 0.6 is 0 Å². The van der Waals surface area contributed by atoms with E-state index in [-0.39, 0.29) is 11.8 Å². The second kappa shape index (κ2) is 8.06. The lowest BCUT2D eigenvalue weighted by molar-refractivity contribution is -0.146. The van der Waals surface area contributed by atoms with Crippen molar-refractivity contribution in [2.75, 3.05) is 7.11 Å². The van der Waals surface area contributed by atoms with Gasteiger partial charge in [0.1, 0.15) is 6.04 Å². The van der Waals surface area contributed by atoms with Gasteiger partial charge >= 0.3 is 5.97 Å². The second-order valence-corrected chi connectivity index (χ2v) is 4.29. The molecular weight excluding hydrogens is 220 g/mol. The first-order chi connectivity index (χ1) is 7.97. The van der Waals surface area contributed by atoms with Crippen LogP contribution in [-0.4, -0.2) is 31.1 Å². The Morgan fingerprint density at radius 2 is 1.94 bits per heavy atom. The normalized spacial score (nSPS) is 15.8. The molecule has 0 aromatic heterocycles. The lowest BCUT2D eigenvalue weighted by Crippen LogP contribution is -2.51. The lowest BCUT2D eigenvalue weighted by Gasteiger charge is -2.23. The summed E-state index contributed by atoms with van der Waals surface area (Å²) in [5, 5.41) is 2.66. The molecule has 1 amide bonds. The van der Waals surface area contributed by atoms with Gasteiger partial charge in [0.05, 0.1) is 13.2 Å². The smallest absolute Gasteiger partial charge is 0.328 e. The minimum absolute atomic E-state index is 0.0280. The second-order valence-electron chi connectivity index (χ2n) is 4.29. The molecule has 5 nitrogen and oxygen atoms in total. The highest BCUT2D eigenvalue weighted by atomic mass is 16.5. The van der Waals surface area contributed by atoms with Crippen molar-refractivity contribution < 1.29 is 14.3 Å². The van der Waals surface area contributed by atoms with E-state index in [1.54, 1.807) is 0 Å². The van der Waals surface area contributed by atoms with Gasteiger partial charge in [-0.1, -0.05) is 33.6 Å². The van der Waals surface area contributed by atoms with Crippen molar-refractivity contribution in [3.05, 3.63) is 0 Å². The zero-order valence-electron chi connectivity index (χ0n) is 11.2. The van der Waals surface area contributed by atoms with E-state index in [1.807, 2.05) is 20.8 Å². The Balaban J connectivity index is 4.53. The maximum absolute atomic E-state index is 11.7. The molecule has 17 heavy (non-hydrogen) atoms. The summed E-state index contributed by atoms with van der Waals surface area (Å²) in [6.45, 7) is 5.81. The number of nitrogens with two attached hydrogens (primary N) is 1. The third kappa shape index (κ3) is 5.17. The number of hydrogen-bond acceptors (Lipinski definition) is 4. The molecule has 0 aliphatic heterocycles. The molecule has 1 unspecified atom stereocenters. The van der Waals surface area contributed by atoms with E-state index in [9.17, 15) is 9.59 Å². The van der Waals surface area contributed by atoms with Crippen molar-refractivity contribution in [1.29, 1.82) is 0 Å². The fourth-order valence-electron chi connectivity index (χ4n) is 1.50. The molecule has 3 N–H and O–H groups in total. The summed E-state index contributed by atoms with van der Waals surface area (Å²) in [4.78, 5) is 23.3. The van der Waals surface area contributed by atoms with Gasteiger partial charge < -0.3 is 15.8 Å². The van der Waals surface area contributed by atoms with Crippen LogP contribution in [0.1, 0.15) is 40.0 Å². The van der Waals surface area contributed by atoms with Crippen LogP contribution in [0.15, 0.2) is 0 Å². The number of amides is 1. The number of hydrogen-bond donors (Lipinski definition) is 2. The number of ether oxygens (including phenoxy) is 1. The van der Waals surface area contributed by atoms with Gasteiger partial charge in [-0.3, -0.25) is 4.79 Å². The summed E-state index contributed by atoms with van der Waals surface area (Å²) >= 11 is 0. The number of nitrogens with one attached hydrogen (secondary N) is 1. The van der Waals surface area contributed by atoms with Crippen molar-refractivity contribution in [2.24, 2.45) is 11.7 Å². The predicted molar refractivity (Wildman–Crippen MR) is 66.3 cm³/mol. The standard InChI is InChI=1S/C12H24N2O3/c1-5-7-9(13)11(15)14-10(8(3)6-2)12(16)17-4/h8-10H,5-7,13H2,1-4H3,(H,14,15)/t8-,9?,10-/m0/s1. The Hall–Kier alpha value is -1.10. The van der Waals surface area contributed by atoms with Crippen LogP contribution in [0.2, 0.25) is 0 Å². The highest BCUT2D eigenvalue weighted by molar-refractivity contribution is 5.87. The van der Waals surface area contributed by atoms with Gasteiger partial charge in [-0.15, -0.1) is 0 Å². The molecule has 0 fully saturated rings. The minimum Gasteiger partial charge on any atom is -0.467 e. The summed E-state index contributed by atoms with van der Waals surface area (Å²) in [5.41, 5.74) is 5.70. The molecule has 0 rings (SSSR count). The highest BCUT2D eigenvalue weighted by Gasteiger charge is 2.28. The quantitative estimate of drug-likeness (QED) is 0.650. The molecule has 0 saturated heterocycles. The minimum atomic E-state index is -0.611. The van der Waals surface area contributed by atoms with Crippen molar-refractivity contribution in [3.8, 4) is 0 Å². The molecule has 0 spiro atoms. The van der Waals surface area contributed by atoms with Gasteiger partial charge in [0, 0.05) is 0 Å². The topological polar surface area (TPSA) is 81.4 Å². The number of carbonyl (C=O) groups excluding carboxylic acids is 2. The molecular formula is C12H24N2O3. The van der Waals surface area contributed by atoms with Crippen LogP contribution in [0.3, 0.4) is 0 Å². The molecule has 0 aliphatic carbocycles. The summed E-state index contributed by atoms with van der Waals surface area (Å²) in [6.07, 6.45) is 2.23. The molecule has 0 bridgehead atoms. The van der Waals surface area contributed by atoms with Crippen LogP contribution in [0, 0.1) is 5.92 Å². The molecule has 5 heteroatoms. The molecule has 3 atom stereocenters. The van der Waals surface area contributed by atoms with E-state index < -0.39 is 18.1 Å². The summed E-state index contributed by atoms with van der Waals surface area (Å²) < 4.78 is 4.68. The van der Waals surface area contributed by atoms with Crippen molar-refractivity contribution >= 4 is 11.9 Å². The zero-order chi connectivity index (χ0) is 13.4. The number of rotatable bonds is 7. The fraction of sp³-hybridized carbons (Fsp3) is 0.833. The largest absolute Gasteiger partial charge is 0.467 e. The Kier molecular flexibility index (Phi) is 7.54. The first-order valence-electron chi connectivity index (χ1n) is 6.11. The third-order valence-corrected chi connectivity index (χ3v) is 2.90. The molecule has 0 heterocycles. The first-order valence-corrected chi connectivity index (χ1v) is 6.11. The van der Waals surface area contributed by atoms with Crippen LogP contribution in [0.5, 0.6) is 0 Å².